The van der Waals surface area contributed by atoms with Crippen LogP contribution in [0.5, 0.6) is 0 Å². The van der Waals surface area contributed by atoms with Gasteiger partial charge in [-0.2, -0.15) is 0 Å². The highest BCUT2D eigenvalue weighted by atomic mass is 16.7. The number of hydrogen-bond donors (Lipinski definition) is 2. The van der Waals surface area contributed by atoms with Gasteiger partial charge in [0.2, 0.25) is 0 Å². The summed E-state index contributed by atoms with van der Waals surface area (Å²) in [6.07, 6.45) is -1.22. The summed E-state index contributed by atoms with van der Waals surface area (Å²) in [5.41, 5.74) is 1.10. The van der Waals surface area contributed by atoms with Crippen molar-refractivity contribution in [3.05, 3.63) is 35.9 Å². The molecule has 2 N–H and O–H groups in total. The monoisotopic (exact) mass is 298 g/mol. The van der Waals surface area contributed by atoms with Gasteiger partial charge >= 0.3 is 12.1 Å². The first-order chi connectivity index (χ1) is 10.0. The Bertz CT molecular complexity index is 442. The van der Waals surface area contributed by atoms with E-state index < -0.39 is 12.3 Å². The molecule has 116 valence electrons. The first kappa shape index (κ1) is 16.9. The maximum Gasteiger partial charge on any atom is 0.503 e. The molecule has 2 rings (SSSR count). The summed E-state index contributed by atoms with van der Waals surface area (Å²) in [6, 6.07) is 9.87. The van der Waals surface area contributed by atoms with Crippen LogP contribution in [0, 0.1) is 0 Å². The number of esters is 1. The van der Waals surface area contributed by atoms with Gasteiger partial charge in [-0.25, -0.2) is 9.59 Å². The molecule has 2 atom stereocenters. The lowest BCUT2D eigenvalue weighted by Crippen LogP contribution is -2.23. The van der Waals surface area contributed by atoms with E-state index in [9.17, 15) is 4.79 Å². The molecule has 1 aliphatic heterocycles. The molecule has 2 unspecified atom stereocenters. The fourth-order valence-corrected chi connectivity index (χ4v) is 1.80. The van der Waals surface area contributed by atoms with Crippen LogP contribution in [0.15, 0.2) is 30.3 Å². The van der Waals surface area contributed by atoms with Crippen LogP contribution >= 0.6 is 0 Å². The molecular weight excluding hydrogens is 280 g/mol. The van der Waals surface area contributed by atoms with Crippen molar-refractivity contribution in [3.8, 4) is 0 Å². The molecule has 0 amide bonds. The molecule has 7 nitrogen and oxygen atoms in total. The molecule has 21 heavy (non-hydrogen) atoms. The van der Waals surface area contributed by atoms with Gasteiger partial charge in [-0.1, -0.05) is 30.3 Å². The fourth-order valence-electron chi connectivity index (χ4n) is 1.80. The van der Waals surface area contributed by atoms with Crippen LogP contribution in [0.1, 0.15) is 18.4 Å². The van der Waals surface area contributed by atoms with Gasteiger partial charge in [0.25, 0.3) is 0 Å². The van der Waals surface area contributed by atoms with E-state index in [1.165, 1.54) is 7.11 Å². The highest BCUT2D eigenvalue weighted by molar-refractivity contribution is 5.74. The second-order valence-corrected chi connectivity index (χ2v) is 4.23. The summed E-state index contributed by atoms with van der Waals surface area (Å²) in [7, 11) is 1.36. The number of carbonyl (C=O) groups excluding carboxylic acids is 1. The Labute approximate surface area is 122 Å². The Balaban J connectivity index is 0.000000491. The average molecular weight is 298 g/mol. The maximum absolute atomic E-state index is 11.2. The SMILES string of the molecule is COC(=O)C1CCC(OCc2ccccc2)O1.O=C(O)O. The Morgan fingerprint density at radius 1 is 1.24 bits per heavy atom. The van der Waals surface area contributed by atoms with Crippen molar-refractivity contribution in [2.75, 3.05) is 7.11 Å². The molecule has 0 bridgehead atoms. The van der Waals surface area contributed by atoms with Gasteiger partial charge in [0, 0.05) is 6.42 Å². The van der Waals surface area contributed by atoms with E-state index in [-0.39, 0.29) is 12.3 Å². The van der Waals surface area contributed by atoms with Crippen LogP contribution in [-0.2, 0) is 25.6 Å². The van der Waals surface area contributed by atoms with Crippen LogP contribution in [0.2, 0.25) is 0 Å². The van der Waals surface area contributed by atoms with E-state index in [0.717, 1.165) is 12.0 Å². The standard InChI is InChI=1S/C13H16O4.CH2O3/c1-15-13(14)11-7-8-12(17-11)16-9-10-5-3-2-4-6-10;2-1(3)4/h2-6,11-12H,7-9H2,1H3;(H2,2,3,4). The van der Waals surface area contributed by atoms with Crippen molar-refractivity contribution in [1.29, 1.82) is 0 Å². The number of carboxylic acid groups (broad SMARTS) is 2. The zero-order valence-electron chi connectivity index (χ0n) is 11.6. The van der Waals surface area contributed by atoms with E-state index in [1.807, 2.05) is 30.3 Å². The third kappa shape index (κ3) is 6.73. The lowest BCUT2D eigenvalue weighted by molar-refractivity contribution is -0.173. The lowest BCUT2D eigenvalue weighted by Gasteiger charge is -2.13. The second kappa shape index (κ2) is 8.93. The molecule has 0 spiro atoms. The minimum absolute atomic E-state index is 0.306. The normalized spacial score (nSPS) is 20.2. The molecule has 1 heterocycles. The topological polar surface area (TPSA) is 102 Å². The molecule has 7 heteroatoms. The molecule has 1 fully saturated rings. The smallest absolute Gasteiger partial charge is 0.467 e. The highest BCUT2D eigenvalue weighted by Crippen LogP contribution is 2.22. The predicted molar refractivity (Wildman–Crippen MR) is 71.8 cm³/mol. The minimum atomic E-state index is -1.83. The van der Waals surface area contributed by atoms with Crippen molar-refractivity contribution >= 4 is 12.1 Å². The van der Waals surface area contributed by atoms with Crippen LogP contribution in [-0.4, -0.2) is 41.8 Å². The van der Waals surface area contributed by atoms with Crippen LogP contribution < -0.4 is 0 Å². The first-order valence-corrected chi connectivity index (χ1v) is 6.33. The van der Waals surface area contributed by atoms with Gasteiger partial charge in [0.05, 0.1) is 13.7 Å². The van der Waals surface area contributed by atoms with E-state index in [0.29, 0.717) is 13.0 Å². The van der Waals surface area contributed by atoms with E-state index in [1.54, 1.807) is 0 Å². The number of rotatable bonds is 4. The van der Waals surface area contributed by atoms with Crippen LogP contribution in [0.4, 0.5) is 4.79 Å². The van der Waals surface area contributed by atoms with Gasteiger partial charge in [0.15, 0.2) is 12.4 Å². The quantitative estimate of drug-likeness (QED) is 0.820. The minimum Gasteiger partial charge on any atom is -0.467 e. The van der Waals surface area contributed by atoms with E-state index >= 15 is 0 Å². The summed E-state index contributed by atoms with van der Waals surface area (Å²) in [5, 5.41) is 13.9. The maximum atomic E-state index is 11.2. The van der Waals surface area contributed by atoms with Gasteiger partial charge in [-0.15, -0.1) is 0 Å². The molecule has 0 saturated carbocycles. The van der Waals surface area contributed by atoms with Gasteiger partial charge in [-0.3, -0.25) is 0 Å². The van der Waals surface area contributed by atoms with Crippen molar-refractivity contribution in [2.24, 2.45) is 0 Å². The molecule has 1 aromatic rings. The van der Waals surface area contributed by atoms with Crippen molar-refractivity contribution < 1.29 is 34.0 Å². The number of carbonyl (C=O) groups is 2. The molecular formula is C14H18O7. The summed E-state index contributed by atoms with van der Waals surface area (Å²) < 4.78 is 15.6. The van der Waals surface area contributed by atoms with Crippen molar-refractivity contribution in [2.45, 2.75) is 31.8 Å². The van der Waals surface area contributed by atoms with E-state index in [2.05, 4.69) is 4.74 Å². The van der Waals surface area contributed by atoms with Crippen LogP contribution in [0.3, 0.4) is 0 Å². The number of ether oxygens (including phenoxy) is 3. The van der Waals surface area contributed by atoms with Crippen molar-refractivity contribution in [1.82, 2.24) is 0 Å². The Morgan fingerprint density at radius 3 is 2.43 bits per heavy atom. The third-order valence-electron chi connectivity index (χ3n) is 2.72. The first-order valence-electron chi connectivity index (χ1n) is 6.33. The summed E-state index contributed by atoms with van der Waals surface area (Å²) in [4.78, 5) is 19.8. The zero-order chi connectivity index (χ0) is 15.7. The Hall–Kier alpha value is -2.12. The zero-order valence-corrected chi connectivity index (χ0v) is 11.6. The van der Waals surface area contributed by atoms with Gasteiger partial charge in [-0.05, 0) is 12.0 Å². The van der Waals surface area contributed by atoms with Crippen molar-refractivity contribution in [3.63, 3.8) is 0 Å². The predicted octanol–water partition coefficient (Wildman–Crippen LogP) is 2.10. The number of hydrogen-bond acceptors (Lipinski definition) is 5. The van der Waals surface area contributed by atoms with Crippen LogP contribution in [0.25, 0.3) is 0 Å². The number of methoxy groups -OCH3 is 1. The third-order valence-corrected chi connectivity index (χ3v) is 2.72. The fraction of sp³-hybridized carbons (Fsp3) is 0.429. The molecule has 1 aliphatic rings. The number of benzene rings is 1. The van der Waals surface area contributed by atoms with Gasteiger partial charge in [0.1, 0.15) is 0 Å². The molecule has 0 aliphatic carbocycles. The highest BCUT2D eigenvalue weighted by Gasteiger charge is 2.31. The summed E-state index contributed by atoms with van der Waals surface area (Å²) in [6.45, 7) is 0.499. The summed E-state index contributed by atoms with van der Waals surface area (Å²) in [5.74, 6) is -0.323. The largest absolute Gasteiger partial charge is 0.503 e. The molecule has 0 aromatic heterocycles. The second-order valence-electron chi connectivity index (χ2n) is 4.23. The van der Waals surface area contributed by atoms with E-state index in [4.69, 9.17) is 24.5 Å². The van der Waals surface area contributed by atoms with Gasteiger partial charge < -0.3 is 24.4 Å². The summed E-state index contributed by atoms with van der Waals surface area (Å²) >= 11 is 0. The Morgan fingerprint density at radius 2 is 1.86 bits per heavy atom. The average Bonchev–Trinajstić information content (AvgIpc) is 2.94. The molecule has 0 radical (unpaired) electrons. The Kier molecular flexibility index (Phi) is 7.20. The molecule has 1 aromatic carbocycles. The lowest BCUT2D eigenvalue weighted by atomic mass is 10.2. The molecule has 1 saturated heterocycles.